The van der Waals surface area contributed by atoms with Gasteiger partial charge < -0.3 is 9.29 Å². The molecule has 0 heterocycles. The summed E-state index contributed by atoms with van der Waals surface area (Å²) in [5.74, 6) is -8.40. The van der Waals surface area contributed by atoms with Gasteiger partial charge in [-0.2, -0.15) is 0 Å². The molecule has 0 unspecified atom stereocenters. The van der Waals surface area contributed by atoms with Gasteiger partial charge in [-0.25, -0.2) is 26.0 Å². The van der Waals surface area contributed by atoms with Gasteiger partial charge in [0.25, 0.3) is 0 Å². The first-order chi connectivity index (χ1) is 11.6. The minimum atomic E-state index is -5.75. The van der Waals surface area contributed by atoms with E-state index in [1.54, 1.807) is 0 Å². The van der Waals surface area contributed by atoms with Crippen LogP contribution in [0.1, 0.15) is 5.56 Å². The molecule has 0 amide bonds. The average molecular weight is 393 g/mol. The van der Waals surface area contributed by atoms with Gasteiger partial charge in [0.15, 0.2) is 23.3 Å². The predicted molar refractivity (Wildman–Crippen MR) is 81.4 cm³/mol. The van der Waals surface area contributed by atoms with Crippen LogP contribution in [0.3, 0.4) is 0 Å². The van der Waals surface area contributed by atoms with Crippen molar-refractivity contribution in [1.82, 2.24) is 0 Å². The summed E-state index contributed by atoms with van der Waals surface area (Å²) in [6.07, 6.45) is 1.48. The summed E-state index contributed by atoms with van der Waals surface area (Å²) in [4.78, 5) is -3.24. The number of benzene rings is 2. The van der Waals surface area contributed by atoms with E-state index in [1.807, 2.05) is 0 Å². The van der Waals surface area contributed by atoms with Gasteiger partial charge in [0.2, 0.25) is 0 Å². The first kappa shape index (κ1) is 19.3. The van der Waals surface area contributed by atoms with Crippen molar-refractivity contribution in [3.8, 4) is 5.75 Å². The van der Waals surface area contributed by atoms with Crippen LogP contribution < -0.4 is 4.74 Å². The van der Waals surface area contributed by atoms with Gasteiger partial charge in [0.1, 0.15) is 20.8 Å². The highest BCUT2D eigenvalue weighted by molar-refractivity contribution is 7.99. The topological polar surface area (TPSA) is 66.4 Å². The molecule has 2 aromatic carbocycles. The molecule has 0 aliphatic rings. The van der Waals surface area contributed by atoms with Gasteiger partial charge in [-0.15, -0.1) is 0 Å². The molecule has 0 saturated carbocycles. The molecule has 10 heteroatoms. The second kappa shape index (κ2) is 7.06. The van der Waals surface area contributed by atoms with Crippen LogP contribution in [0.4, 0.5) is 17.6 Å². The van der Waals surface area contributed by atoms with Crippen molar-refractivity contribution in [2.24, 2.45) is 0 Å². The van der Waals surface area contributed by atoms with Crippen molar-refractivity contribution in [3.63, 3.8) is 0 Å². The van der Waals surface area contributed by atoms with Gasteiger partial charge in [0.05, 0.1) is 16.9 Å². The molecule has 25 heavy (non-hydrogen) atoms. The summed E-state index contributed by atoms with van der Waals surface area (Å²) >= 11 is 0.273. The van der Waals surface area contributed by atoms with Crippen LogP contribution in [0.25, 0.3) is 6.08 Å². The predicted octanol–water partition coefficient (Wildman–Crippen LogP) is 3.95. The molecule has 0 spiro atoms. The SMILES string of the molecule is C=Cc1ccc(Sc2c(F)c(F)c(S(=O)(=O)[O-])c(F)c2F)c(OC)c1. The summed E-state index contributed by atoms with van der Waals surface area (Å²) in [6, 6.07) is 4.35. The minimum absolute atomic E-state index is 0.0995. The Kier molecular flexibility index (Phi) is 5.45. The summed E-state index contributed by atoms with van der Waals surface area (Å²) in [5.41, 5.74) is 0.618. The van der Waals surface area contributed by atoms with E-state index in [4.69, 9.17) is 4.74 Å². The summed E-state index contributed by atoms with van der Waals surface area (Å²) in [6.45, 7) is 3.54. The zero-order chi connectivity index (χ0) is 18.9. The molecule has 0 aliphatic heterocycles. The molecule has 134 valence electrons. The standard InChI is InChI=1S/C15H10F4O4S2/c1-3-7-4-5-9(8(6-7)23-2)24-14-10(16)12(18)15(25(20,21)22)13(19)11(14)17/h3-6H,1H2,2H3,(H,20,21,22)/p-1. The van der Waals surface area contributed by atoms with Gasteiger partial charge in [-0.1, -0.05) is 30.5 Å². The first-order valence-electron chi connectivity index (χ1n) is 6.42. The Morgan fingerprint density at radius 2 is 1.68 bits per heavy atom. The second-order valence-electron chi connectivity index (χ2n) is 4.58. The molecule has 4 nitrogen and oxygen atoms in total. The number of hydrogen-bond donors (Lipinski definition) is 0. The van der Waals surface area contributed by atoms with Crippen LogP contribution in [0, 0.1) is 23.3 Å². The fraction of sp³-hybridized carbons (Fsp3) is 0.0667. The van der Waals surface area contributed by atoms with Crippen LogP contribution in [-0.4, -0.2) is 20.1 Å². The van der Waals surface area contributed by atoms with Crippen molar-refractivity contribution in [1.29, 1.82) is 0 Å². The Bertz CT molecular complexity index is 929. The Balaban J connectivity index is 2.65. The van der Waals surface area contributed by atoms with Crippen LogP contribution in [-0.2, 0) is 10.1 Å². The Hall–Kier alpha value is -2.04. The van der Waals surface area contributed by atoms with Crippen molar-refractivity contribution >= 4 is 28.0 Å². The molecule has 0 fully saturated rings. The number of halogens is 4. The lowest BCUT2D eigenvalue weighted by Gasteiger charge is -2.15. The highest BCUT2D eigenvalue weighted by Gasteiger charge is 2.29. The van der Waals surface area contributed by atoms with Gasteiger partial charge >= 0.3 is 0 Å². The quantitative estimate of drug-likeness (QED) is 0.437. The molecule has 0 saturated heterocycles. The van der Waals surface area contributed by atoms with Gasteiger partial charge in [-0.05, 0) is 17.7 Å². The number of methoxy groups -OCH3 is 1. The Morgan fingerprint density at radius 1 is 1.12 bits per heavy atom. The lowest BCUT2D eigenvalue weighted by atomic mass is 10.2. The summed E-state index contributed by atoms with van der Waals surface area (Å²) in [5, 5.41) is 0. The third-order valence-electron chi connectivity index (χ3n) is 3.07. The maximum atomic E-state index is 14.0. The smallest absolute Gasteiger partial charge is 0.180 e. The number of hydrogen-bond acceptors (Lipinski definition) is 5. The minimum Gasteiger partial charge on any atom is -0.744 e. The van der Waals surface area contributed by atoms with E-state index in [0.29, 0.717) is 5.56 Å². The molecule has 0 bridgehead atoms. The molecular formula is C15H9F4O4S2-. The second-order valence-corrected chi connectivity index (χ2v) is 6.95. The lowest BCUT2D eigenvalue weighted by molar-refractivity contribution is 0.380. The molecule has 0 N–H and O–H groups in total. The Labute approximate surface area is 144 Å². The lowest BCUT2D eigenvalue weighted by Crippen LogP contribution is -2.11. The third-order valence-corrected chi connectivity index (χ3v) is 5.05. The van der Waals surface area contributed by atoms with Crippen LogP contribution in [0.5, 0.6) is 5.75 Å². The normalized spacial score (nSPS) is 11.4. The molecule has 0 radical (unpaired) electrons. The number of rotatable bonds is 5. The average Bonchev–Trinajstić information content (AvgIpc) is 2.55. The number of ether oxygens (including phenoxy) is 1. The van der Waals surface area contributed by atoms with Gasteiger partial charge in [-0.3, -0.25) is 0 Å². The maximum absolute atomic E-state index is 14.0. The van der Waals surface area contributed by atoms with E-state index < -0.39 is 43.2 Å². The van der Waals surface area contributed by atoms with E-state index in [2.05, 4.69) is 6.58 Å². The van der Waals surface area contributed by atoms with Crippen LogP contribution >= 0.6 is 11.8 Å². The zero-order valence-electron chi connectivity index (χ0n) is 12.5. The highest BCUT2D eigenvalue weighted by Crippen LogP contribution is 2.41. The summed E-state index contributed by atoms with van der Waals surface area (Å²) < 4.78 is 93.1. The molecule has 0 aliphatic carbocycles. The fourth-order valence-corrected chi connectivity index (χ4v) is 3.48. The Morgan fingerprint density at radius 3 is 2.12 bits per heavy atom. The van der Waals surface area contributed by atoms with Crippen molar-refractivity contribution in [2.75, 3.05) is 7.11 Å². The van der Waals surface area contributed by atoms with E-state index in [9.17, 15) is 30.5 Å². The van der Waals surface area contributed by atoms with Gasteiger partial charge in [0, 0.05) is 0 Å². The molecule has 2 aromatic rings. The third kappa shape index (κ3) is 3.65. The first-order valence-corrected chi connectivity index (χ1v) is 8.64. The van der Waals surface area contributed by atoms with Crippen molar-refractivity contribution in [2.45, 2.75) is 14.7 Å². The fourth-order valence-electron chi connectivity index (χ4n) is 1.91. The van der Waals surface area contributed by atoms with Crippen LogP contribution in [0.15, 0.2) is 39.5 Å². The van der Waals surface area contributed by atoms with E-state index in [-0.39, 0.29) is 22.4 Å². The van der Waals surface area contributed by atoms with E-state index in [1.165, 1.54) is 31.4 Å². The molecular weight excluding hydrogens is 384 g/mol. The highest BCUT2D eigenvalue weighted by atomic mass is 32.2. The largest absolute Gasteiger partial charge is 0.744 e. The van der Waals surface area contributed by atoms with Crippen molar-refractivity contribution in [3.05, 3.63) is 53.6 Å². The summed E-state index contributed by atoms with van der Waals surface area (Å²) in [7, 11) is -4.47. The maximum Gasteiger partial charge on any atom is 0.180 e. The van der Waals surface area contributed by atoms with E-state index in [0.717, 1.165) is 0 Å². The van der Waals surface area contributed by atoms with Crippen LogP contribution in [0.2, 0.25) is 0 Å². The molecule has 0 aromatic heterocycles. The van der Waals surface area contributed by atoms with E-state index >= 15 is 0 Å². The monoisotopic (exact) mass is 393 g/mol. The molecule has 2 rings (SSSR count). The molecule has 0 atom stereocenters. The zero-order valence-corrected chi connectivity index (χ0v) is 14.1. The van der Waals surface area contributed by atoms with Crippen molar-refractivity contribution < 1.29 is 35.3 Å².